The Kier molecular flexibility index (Phi) is 6.03. The van der Waals surface area contributed by atoms with Crippen molar-refractivity contribution in [2.75, 3.05) is 6.54 Å². The van der Waals surface area contributed by atoms with E-state index in [1.54, 1.807) is 17.0 Å². The van der Waals surface area contributed by atoms with Crippen LogP contribution in [0.3, 0.4) is 0 Å². The fourth-order valence-electron chi connectivity index (χ4n) is 1.66. The molecule has 21 heavy (non-hydrogen) atoms. The summed E-state index contributed by atoms with van der Waals surface area (Å²) in [6.45, 7) is 8.40. The monoisotopic (exact) mass is 312 g/mol. The largest absolute Gasteiger partial charge is 0.444 e. The van der Waals surface area contributed by atoms with E-state index in [0.717, 1.165) is 5.56 Å². The molecule has 0 saturated carbocycles. The van der Waals surface area contributed by atoms with Crippen molar-refractivity contribution >= 4 is 22.9 Å². The molecule has 0 spiro atoms. The molecule has 0 aliphatic heterocycles. The number of oxime groups is 1. The van der Waals surface area contributed by atoms with E-state index < -0.39 is 5.60 Å². The molecule has 0 bridgehead atoms. The molecule has 0 aliphatic carbocycles. The van der Waals surface area contributed by atoms with Crippen LogP contribution in [0, 0.1) is 0 Å². The molecule has 1 N–H and O–H groups in total. The number of benzene rings is 1. The summed E-state index contributed by atoms with van der Waals surface area (Å²) in [5.41, 5.74) is 1.04. The second kappa shape index (κ2) is 7.31. The van der Waals surface area contributed by atoms with Gasteiger partial charge in [-0.25, -0.2) is 4.79 Å². The van der Waals surface area contributed by atoms with Crippen LogP contribution < -0.4 is 0 Å². The maximum atomic E-state index is 12.0. The third-order valence-electron chi connectivity index (χ3n) is 2.69. The number of ether oxygens (including phenoxy) is 1. The van der Waals surface area contributed by atoms with E-state index in [9.17, 15) is 4.79 Å². The Labute approximate surface area is 130 Å². The van der Waals surface area contributed by atoms with Gasteiger partial charge in [0, 0.05) is 18.7 Å². The SMILES string of the molecule is CCN(Cc1ccc(/C(Cl)=N/O)cc1)C(=O)OC(C)(C)C. The number of nitrogens with zero attached hydrogens (tertiary/aromatic N) is 2. The summed E-state index contributed by atoms with van der Waals surface area (Å²) in [5, 5.41) is 11.6. The van der Waals surface area contributed by atoms with Crippen LogP contribution in [0.5, 0.6) is 0 Å². The maximum Gasteiger partial charge on any atom is 0.410 e. The minimum atomic E-state index is -0.514. The molecule has 0 fully saturated rings. The molecule has 1 aromatic rings. The van der Waals surface area contributed by atoms with Crippen LogP contribution >= 0.6 is 11.6 Å². The summed E-state index contributed by atoms with van der Waals surface area (Å²) in [5.74, 6) is 0. The van der Waals surface area contributed by atoms with Gasteiger partial charge < -0.3 is 14.8 Å². The lowest BCUT2D eigenvalue weighted by Crippen LogP contribution is -2.36. The van der Waals surface area contributed by atoms with Crippen molar-refractivity contribution in [3.05, 3.63) is 35.4 Å². The fourth-order valence-corrected chi connectivity index (χ4v) is 1.78. The molecule has 1 amide bonds. The van der Waals surface area contributed by atoms with Gasteiger partial charge in [-0.3, -0.25) is 0 Å². The highest BCUT2D eigenvalue weighted by atomic mass is 35.5. The van der Waals surface area contributed by atoms with Gasteiger partial charge in [-0.1, -0.05) is 41.0 Å². The van der Waals surface area contributed by atoms with Crippen LogP contribution in [0.1, 0.15) is 38.8 Å². The Morgan fingerprint density at radius 2 is 1.90 bits per heavy atom. The van der Waals surface area contributed by atoms with Gasteiger partial charge in [-0.2, -0.15) is 0 Å². The van der Waals surface area contributed by atoms with Crippen LogP contribution in [0.25, 0.3) is 0 Å². The normalized spacial score (nSPS) is 12.1. The lowest BCUT2D eigenvalue weighted by Gasteiger charge is -2.26. The van der Waals surface area contributed by atoms with Gasteiger partial charge in [0.15, 0.2) is 5.17 Å². The lowest BCUT2D eigenvalue weighted by molar-refractivity contribution is 0.0244. The van der Waals surface area contributed by atoms with E-state index in [1.807, 2.05) is 39.8 Å². The van der Waals surface area contributed by atoms with Crippen LogP contribution in [0.15, 0.2) is 29.4 Å². The van der Waals surface area contributed by atoms with E-state index in [1.165, 1.54) is 0 Å². The Bertz CT molecular complexity index is 507. The summed E-state index contributed by atoms with van der Waals surface area (Å²) in [7, 11) is 0. The summed E-state index contributed by atoms with van der Waals surface area (Å²) < 4.78 is 5.36. The van der Waals surface area contributed by atoms with E-state index in [2.05, 4.69) is 5.16 Å². The van der Waals surface area contributed by atoms with E-state index >= 15 is 0 Å². The van der Waals surface area contributed by atoms with Crippen molar-refractivity contribution < 1.29 is 14.7 Å². The molecule has 116 valence electrons. The van der Waals surface area contributed by atoms with Crippen LogP contribution in [-0.4, -0.2) is 33.5 Å². The number of carbonyl (C=O) groups excluding carboxylic acids is 1. The topological polar surface area (TPSA) is 62.1 Å². The molecule has 6 heteroatoms. The first-order valence-corrected chi connectivity index (χ1v) is 7.09. The van der Waals surface area contributed by atoms with Crippen molar-refractivity contribution in [3.8, 4) is 0 Å². The highest BCUT2D eigenvalue weighted by Gasteiger charge is 2.21. The van der Waals surface area contributed by atoms with E-state index in [4.69, 9.17) is 21.5 Å². The Morgan fingerprint density at radius 1 is 1.33 bits per heavy atom. The zero-order chi connectivity index (χ0) is 16.0. The van der Waals surface area contributed by atoms with Crippen molar-refractivity contribution in [2.45, 2.75) is 39.8 Å². The van der Waals surface area contributed by atoms with Gasteiger partial charge in [-0.05, 0) is 33.3 Å². The van der Waals surface area contributed by atoms with Crippen molar-refractivity contribution in [3.63, 3.8) is 0 Å². The molecule has 1 rings (SSSR count). The van der Waals surface area contributed by atoms with Crippen molar-refractivity contribution in [2.24, 2.45) is 5.16 Å². The second-order valence-electron chi connectivity index (χ2n) is 5.58. The fraction of sp³-hybridized carbons (Fsp3) is 0.467. The molecule has 0 radical (unpaired) electrons. The Hall–Kier alpha value is -1.75. The maximum absolute atomic E-state index is 12.0. The van der Waals surface area contributed by atoms with Gasteiger partial charge in [0.2, 0.25) is 0 Å². The molecule has 0 unspecified atom stereocenters. The smallest absolute Gasteiger partial charge is 0.410 e. The quantitative estimate of drug-likeness (QED) is 0.522. The van der Waals surface area contributed by atoms with Crippen LogP contribution in [0.2, 0.25) is 0 Å². The third kappa shape index (κ3) is 5.63. The summed E-state index contributed by atoms with van der Waals surface area (Å²) in [4.78, 5) is 13.7. The molecule has 1 aromatic carbocycles. The highest BCUT2D eigenvalue weighted by molar-refractivity contribution is 6.69. The molecule has 0 saturated heterocycles. The standard InChI is InChI=1S/C15H21ClN2O3/c1-5-18(14(19)21-15(2,3)4)10-11-6-8-12(9-7-11)13(16)17-20/h6-9,20H,5,10H2,1-4H3/b17-13-. The van der Waals surface area contributed by atoms with Gasteiger partial charge in [-0.15, -0.1) is 0 Å². The average molecular weight is 313 g/mol. The zero-order valence-electron chi connectivity index (χ0n) is 12.8. The van der Waals surface area contributed by atoms with Crippen LogP contribution in [0.4, 0.5) is 4.79 Å². The summed E-state index contributed by atoms with van der Waals surface area (Å²) >= 11 is 5.71. The molecule has 0 aromatic heterocycles. The Balaban J connectivity index is 2.76. The number of halogens is 1. The number of hydrogen-bond acceptors (Lipinski definition) is 4. The van der Waals surface area contributed by atoms with Crippen molar-refractivity contribution in [1.82, 2.24) is 4.90 Å². The molecule has 5 nitrogen and oxygen atoms in total. The summed E-state index contributed by atoms with van der Waals surface area (Å²) in [6, 6.07) is 7.13. The van der Waals surface area contributed by atoms with E-state index in [-0.39, 0.29) is 11.3 Å². The molecular formula is C15H21ClN2O3. The first-order valence-electron chi connectivity index (χ1n) is 6.71. The first-order chi connectivity index (χ1) is 9.76. The van der Waals surface area contributed by atoms with Gasteiger partial charge in [0.05, 0.1) is 0 Å². The highest BCUT2D eigenvalue weighted by Crippen LogP contribution is 2.14. The predicted molar refractivity (Wildman–Crippen MR) is 82.9 cm³/mol. The second-order valence-corrected chi connectivity index (χ2v) is 5.94. The first kappa shape index (κ1) is 17.3. The minimum Gasteiger partial charge on any atom is -0.444 e. The molecule has 0 atom stereocenters. The number of carbonyl (C=O) groups is 1. The summed E-state index contributed by atoms with van der Waals surface area (Å²) in [6.07, 6.45) is -0.343. The van der Waals surface area contributed by atoms with Crippen molar-refractivity contribution in [1.29, 1.82) is 0 Å². The van der Waals surface area contributed by atoms with Gasteiger partial charge >= 0.3 is 6.09 Å². The number of amides is 1. The minimum absolute atomic E-state index is 0.0287. The van der Waals surface area contributed by atoms with Gasteiger partial charge in [0.25, 0.3) is 0 Å². The van der Waals surface area contributed by atoms with Crippen LogP contribution in [-0.2, 0) is 11.3 Å². The van der Waals surface area contributed by atoms with Gasteiger partial charge in [0.1, 0.15) is 5.60 Å². The number of hydrogen-bond donors (Lipinski definition) is 1. The Morgan fingerprint density at radius 3 is 2.33 bits per heavy atom. The number of rotatable bonds is 4. The van der Waals surface area contributed by atoms with E-state index in [0.29, 0.717) is 18.7 Å². The average Bonchev–Trinajstić information content (AvgIpc) is 2.42. The third-order valence-corrected chi connectivity index (χ3v) is 2.98. The zero-order valence-corrected chi connectivity index (χ0v) is 13.5. The predicted octanol–water partition coefficient (Wildman–Crippen LogP) is 3.82. The molecule has 0 aliphatic rings. The molecule has 0 heterocycles. The lowest BCUT2D eigenvalue weighted by atomic mass is 10.1. The molecular weight excluding hydrogens is 292 g/mol.